The summed E-state index contributed by atoms with van der Waals surface area (Å²) in [6.07, 6.45) is 0. The quantitative estimate of drug-likeness (QED) is 0.644. The highest BCUT2D eigenvalue weighted by atomic mass is 79.9. The van der Waals surface area contributed by atoms with Crippen LogP contribution in [0.1, 0.15) is 10.4 Å². The molecule has 0 unspecified atom stereocenters. The molecule has 0 saturated carbocycles. The summed E-state index contributed by atoms with van der Waals surface area (Å²) < 4.78 is 39.3. The number of rotatable bonds is 2. The van der Waals surface area contributed by atoms with Crippen LogP contribution in [-0.2, 0) is 0 Å². The molecule has 0 heterocycles. The molecule has 0 atom stereocenters. The van der Waals surface area contributed by atoms with E-state index in [4.69, 9.17) is 5.73 Å². The lowest BCUT2D eigenvalue weighted by atomic mass is 10.2. The van der Waals surface area contributed by atoms with Gasteiger partial charge in [0.2, 0.25) is 0 Å². The maximum atomic E-state index is 13.0. The Hall–Kier alpha value is -2.02. The van der Waals surface area contributed by atoms with Crippen LogP contribution in [0.4, 0.5) is 24.5 Å². The van der Waals surface area contributed by atoms with Gasteiger partial charge in [0.25, 0.3) is 5.91 Å². The zero-order valence-corrected chi connectivity index (χ0v) is 11.5. The number of carbonyl (C=O) groups excluding carboxylic acids is 1. The largest absolute Gasteiger partial charge is 0.399 e. The van der Waals surface area contributed by atoms with Gasteiger partial charge in [0, 0.05) is 28.0 Å². The minimum absolute atomic E-state index is 0.190. The van der Waals surface area contributed by atoms with Gasteiger partial charge >= 0.3 is 0 Å². The molecule has 0 spiro atoms. The summed E-state index contributed by atoms with van der Waals surface area (Å²) >= 11 is 3.16. The molecule has 0 aromatic heterocycles. The van der Waals surface area contributed by atoms with E-state index >= 15 is 0 Å². The second-order valence-corrected chi connectivity index (χ2v) is 4.80. The number of amides is 1. The third-order valence-electron chi connectivity index (χ3n) is 2.48. The molecule has 0 saturated heterocycles. The Bertz CT molecular complexity index is 668. The first kappa shape index (κ1) is 14.4. The Morgan fingerprint density at radius 3 is 2.30 bits per heavy atom. The van der Waals surface area contributed by atoms with Crippen molar-refractivity contribution in [3.05, 3.63) is 57.8 Å². The fraction of sp³-hybridized carbons (Fsp3) is 0. The first-order valence-corrected chi connectivity index (χ1v) is 6.18. The predicted octanol–water partition coefficient (Wildman–Crippen LogP) is 3.70. The molecule has 7 heteroatoms. The van der Waals surface area contributed by atoms with Crippen molar-refractivity contribution in [3.63, 3.8) is 0 Å². The normalized spacial score (nSPS) is 10.4. The summed E-state index contributed by atoms with van der Waals surface area (Å²) in [4.78, 5) is 12.0. The molecule has 0 aliphatic heterocycles. The standard InChI is InChI=1S/C13H8BrF3N2O/c14-9-2-1-6(18)3-8(9)13(20)19-7-4-10(15)12(17)11(16)5-7/h1-5H,18H2,(H,19,20). The van der Waals surface area contributed by atoms with Crippen LogP contribution in [0.5, 0.6) is 0 Å². The highest BCUT2D eigenvalue weighted by molar-refractivity contribution is 9.10. The van der Waals surface area contributed by atoms with Crippen LogP contribution in [0.3, 0.4) is 0 Å². The molecular weight excluding hydrogens is 337 g/mol. The molecule has 3 nitrogen and oxygen atoms in total. The summed E-state index contributed by atoms with van der Waals surface area (Å²) in [7, 11) is 0. The van der Waals surface area contributed by atoms with Gasteiger partial charge < -0.3 is 11.1 Å². The van der Waals surface area contributed by atoms with Gasteiger partial charge in [-0.3, -0.25) is 4.79 Å². The molecule has 0 bridgehead atoms. The van der Waals surface area contributed by atoms with Gasteiger partial charge in [-0.1, -0.05) is 0 Å². The summed E-state index contributed by atoms with van der Waals surface area (Å²) in [5, 5.41) is 2.26. The highest BCUT2D eigenvalue weighted by Crippen LogP contribution is 2.22. The van der Waals surface area contributed by atoms with E-state index < -0.39 is 23.4 Å². The maximum Gasteiger partial charge on any atom is 0.256 e. The molecule has 20 heavy (non-hydrogen) atoms. The number of carbonyl (C=O) groups is 1. The lowest BCUT2D eigenvalue weighted by molar-refractivity contribution is 0.102. The molecule has 2 aromatic carbocycles. The molecule has 104 valence electrons. The van der Waals surface area contributed by atoms with Crippen LogP contribution in [0, 0.1) is 17.5 Å². The predicted molar refractivity (Wildman–Crippen MR) is 72.8 cm³/mol. The van der Waals surface area contributed by atoms with Crippen molar-refractivity contribution >= 4 is 33.2 Å². The van der Waals surface area contributed by atoms with Gasteiger partial charge in [-0.05, 0) is 34.1 Å². The number of hydrogen-bond acceptors (Lipinski definition) is 2. The zero-order valence-electron chi connectivity index (χ0n) is 9.88. The van der Waals surface area contributed by atoms with Crippen LogP contribution >= 0.6 is 15.9 Å². The lowest BCUT2D eigenvalue weighted by Gasteiger charge is -2.08. The van der Waals surface area contributed by atoms with E-state index in [-0.39, 0.29) is 11.3 Å². The number of nitrogen functional groups attached to an aromatic ring is 1. The van der Waals surface area contributed by atoms with Crippen molar-refractivity contribution in [2.24, 2.45) is 0 Å². The Labute approximate surface area is 120 Å². The molecule has 0 aliphatic carbocycles. The third kappa shape index (κ3) is 2.93. The van der Waals surface area contributed by atoms with Gasteiger partial charge in [0.1, 0.15) is 0 Å². The van der Waals surface area contributed by atoms with Crippen molar-refractivity contribution in [2.75, 3.05) is 11.1 Å². The zero-order chi connectivity index (χ0) is 14.9. The van der Waals surface area contributed by atoms with E-state index in [1.165, 1.54) is 6.07 Å². The highest BCUT2D eigenvalue weighted by Gasteiger charge is 2.14. The summed E-state index contributed by atoms with van der Waals surface area (Å²) in [6, 6.07) is 5.93. The topological polar surface area (TPSA) is 55.1 Å². The van der Waals surface area contributed by atoms with E-state index in [9.17, 15) is 18.0 Å². The van der Waals surface area contributed by atoms with E-state index in [1.54, 1.807) is 12.1 Å². The van der Waals surface area contributed by atoms with E-state index in [0.29, 0.717) is 22.3 Å². The van der Waals surface area contributed by atoms with Crippen LogP contribution in [-0.4, -0.2) is 5.91 Å². The monoisotopic (exact) mass is 344 g/mol. The summed E-state index contributed by atoms with van der Waals surface area (Å²) in [5.74, 6) is -4.98. The van der Waals surface area contributed by atoms with Gasteiger partial charge in [-0.15, -0.1) is 0 Å². The average Bonchev–Trinajstić information content (AvgIpc) is 2.38. The number of benzene rings is 2. The molecule has 3 N–H and O–H groups in total. The first-order valence-electron chi connectivity index (χ1n) is 5.39. The van der Waals surface area contributed by atoms with E-state index in [0.717, 1.165) is 0 Å². The molecular formula is C13H8BrF3N2O. The second-order valence-electron chi connectivity index (χ2n) is 3.95. The van der Waals surface area contributed by atoms with Crippen LogP contribution in [0.25, 0.3) is 0 Å². The van der Waals surface area contributed by atoms with Crippen molar-refractivity contribution < 1.29 is 18.0 Å². The van der Waals surface area contributed by atoms with E-state index in [1.807, 2.05) is 0 Å². The first-order chi connectivity index (χ1) is 9.38. The summed E-state index contributed by atoms with van der Waals surface area (Å²) in [5.41, 5.74) is 5.91. The number of hydrogen-bond donors (Lipinski definition) is 2. The fourth-order valence-corrected chi connectivity index (χ4v) is 1.97. The molecule has 0 fully saturated rings. The number of nitrogens with two attached hydrogens (primary N) is 1. The van der Waals surface area contributed by atoms with Gasteiger partial charge in [0.15, 0.2) is 17.5 Å². The number of anilines is 2. The van der Waals surface area contributed by atoms with Gasteiger partial charge in [-0.25, -0.2) is 13.2 Å². The Morgan fingerprint density at radius 2 is 1.70 bits per heavy atom. The van der Waals surface area contributed by atoms with Crippen molar-refractivity contribution in [1.82, 2.24) is 0 Å². The molecule has 0 aliphatic rings. The van der Waals surface area contributed by atoms with Crippen molar-refractivity contribution in [3.8, 4) is 0 Å². The second kappa shape index (κ2) is 5.54. The third-order valence-corrected chi connectivity index (χ3v) is 3.17. The molecule has 2 rings (SSSR count). The Balaban J connectivity index is 2.30. The van der Waals surface area contributed by atoms with Gasteiger partial charge in [-0.2, -0.15) is 0 Å². The average molecular weight is 345 g/mol. The summed E-state index contributed by atoms with van der Waals surface area (Å²) in [6.45, 7) is 0. The molecule has 1 amide bonds. The minimum atomic E-state index is -1.59. The smallest absolute Gasteiger partial charge is 0.256 e. The van der Waals surface area contributed by atoms with Crippen LogP contribution < -0.4 is 11.1 Å². The number of halogens is 4. The lowest BCUT2D eigenvalue weighted by Crippen LogP contribution is -2.13. The molecule has 0 radical (unpaired) electrons. The van der Waals surface area contributed by atoms with Crippen LogP contribution in [0.15, 0.2) is 34.8 Å². The molecule has 2 aromatic rings. The minimum Gasteiger partial charge on any atom is -0.399 e. The fourth-order valence-electron chi connectivity index (χ4n) is 1.54. The van der Waals surface area contributed by atoms with Crippen LogP contribution in [0.2, 0.25) is 0 Å². The number of nitrogens with one attached hydrogen (secondary N) is 1. The van der Waals surface area contributed by atoms with E-state index in [2.05, 4.69) is 21.2 Å². The maximum absolute atomic E-state index is 13.0. The SMILES string of the molecule is Nc1ccc(Br)c(C(=O)Nc2cc(F)c(F)c(F)c2)c1. The van der Waals surface area contributed by atoms with Gasteiger partial charge in [0.05, 0.1) is 5.56 Å². The van der Waals surface area contributed by atoms with Crippen molar-refractivity contribution in [2.45, 2.75) is 0 Å². The Kier molecular flexibility index (Phi) is 3.99. The Morgan fingerprint density at radius 1 is 1.10 bits per heavy atom. The van der Waals surface area contributed by atoms with Crippen molar-refractivity contribution in [1.29, 1.82) is 0 Å².